The second-order valence-electron chi connectivity index (χ2n) is 4.64. The molecule has 2 bridgehead atoms. The molecule has 0 unspecified atom stereocenters. The molecule has 0 saturated heterocycles. The molecule has 3 saturated carbocycles. The summed E-state index contributed by atoms with van der Waals surface area (Å²) in [6, 6.07) is 0. The Morgan fingerprint density at radius 2 is 1.82 bits per heavy atom. The van der Waals surface area contributed by atoms with Gasteiger partial charge >= 0.3 is 0 Å². The Morgan fingerprint density at radius 3 is 2.27 bits per heavy atom. The summed E-state index contributed by atoms with van der Waals surface area (Å²) < 4.78 is 0.796. The van der Waals surface area contributed by atoms with Gasteiger partial charge in [0.25, 0.3) is 0 Å². The molecule has 3 aliphatic carbocycles. The van der Waals surface area contributed by atoms with Crippen molar-refractivity contribution in [2.24, 2.45) is 5.41 Å². The van der Waals surface area contributed by atoms with Crippen LogP contribution >= 0.6 is 22.6 Å². The summed E-state index contributed by atoms with van der Waals surface area (Å²) >= 11 is 2.66. The van der Waals surface area contributed by atoms with Crippen molar-refractivity contribution in [2.75, 3.05) is 0 Å². The largest absolute Gasteiger partial charge is 0.0788 e. The van der Waals surface area contributed by atoms with Crippen molar-refractivity contribution >= 4 is 22.6 Å². The van der Waals surface area contributed by atoms with Crippen molar-refractivity contribution < 1.29 is 0 Å². The summed E-state index contributed by atoms with van der Waals surface area (Å²) in [6.07, 6.45) is 10.5. The topological polar surface area (TPSA) is 0 Å². The SMILES string of the molecule is CCCCCC12CC(I)(C1)C2. The average molecular weight is 264 g/mol. The van der Waals surface area contributed by atoms with Crippen molar-refractivity contribution in [1.82, 2.24) is 0 Å². The van der Waals surface area contributed by atoms with E-state index in [1.54, 1.807) is 19.3 Å². The zero-order valence-electron chi connectivity index (χ0n) is 7.33. The smallest absolute Gasteiger partial charge is 0.0238 e. The molecule has 11 heavy (non-hydrogen) atoms. The first-order valence-corrected chi connectivity index (χ1v) is 5.95. The molecule has 0 atom stereocenters. The molecular weight excluding hydrogens is 247 g/mol. The Hall–Kier alpha value is 0.730. The Labute approximate surface area is 83.3 Å². The van der Waals surface area contributed by atoms with Crippen molar-refractivity contribution in [3.05, 3.63) is 0 Å². The van der Waals surface area contributed by atoms with E-state index in [1.807, 2.05) is 0 Å². The van der Waals surface area contributed by atoms with Gasteiger partial charge < -0.3 is 0 Å². The minimum absolute atomic E-state index is 0.796. The van der Waals surface area contributed by atoms with Gasteiger partial charge in [-0.1, -0.05) is 48.8 Å². The van der Waals surface area contributed by atoms with Crippen molar-refractivity contribution in [1.29, 1.82) is 0 Å². The van der Waals surface area contributed by atoms with Crippen LogP contribution in [0.2, 0.25) is 0 Å². The summed E-state index contributed by atoms with van der Waals surface area (Å²) in [5.41, 5.74) is 0.871. The monoisotopic (exact) mass is 264 g/mol. The van der Waals surface area contributed by atoms with Crippen LogP contribution in [0, 0.1) is 5.41 Å². The number of alkyl halides is 1. The number of halogens is 1. The lowest BCUT2D eigenvalue weighted by atomic mass is 9.43. The van der Waals surface area contributed by atoms with Crippen LogP contribution in [-0.2, 0) is 0 Å². The summed E-state index contributed by atoms with van der Waals surface area (Å²) in [4.78, 5) is 0. The third-order valence-electron chi connectivity index (χ3n) is 3.39. The predicted molar refractivity (Wildman–Crippen MR) is 57.2 cm³/mol. The Balaban J connectivity index is 1.66. The van der Waals surface area contributed by atoms with Gasteiger partial charge in [-0.05, 0) is 31.1 Å². The first-order valence-electron chi connectivity index (χ1n) is 4.87. The predicted octanol–water partition coefficient (Wildman–Crippen LogP) is 3.92. The molecule has 0 aromatic rings. The van der Waals surface area contributed by atoms with Gasteiger partial charge in [0.05, 0.1) is 0 Å². The van der Waals surface area contributed by atoms with E-state index in [1.165, 1.54) is 25.7 Å². The molecule has 0 aromatic carbocycles. The van der Waals surface area contributed by atoms with E-state index in [0.717, 1.165) is 8.84 Å². The van der Waals surface area contributed by atoms with Crippen molar-refractivity contribution in [3.8, 4) is 0 Å². The molecule has 3 aliphatic rings. The highest BCUT2D eigenvalue weighted by atomic mass is 127. The first kappa shape index (κ1) is 8.33. The minimum Gasteiger partial charge on any atom is -0.0788 e. The van der Waals surface area contributed by atoms with Crippen molar-refractivity contribution in [2.45, 2.75) is 55.3 Å². The molecule has 0 nitrogen and oxygen atoms in total. The molecule has 0 radical (unpaired) electrons. The van der Waals surface area contributed by atoms with E-state index in [0.29, 0.717) is 0 Å². The number of hydrogen-bond acceptors (Lipinski definition) is 0. The molecule has 3 rings (SSSR count). The number of unbranched alkanes of at least 4 members (excludes halogenated alkanes) is 2. The maximum atomic E-state index is 2.66. The van der Waals surface area contributed by atoms with Crippen LogP contribution in [0.3, 0.4) is 0 Å². The Kier molecular flexibility index (Phi) is 1.98. The lowest BCUT2D eigenvalue weighted by Gasteiger charge is -2.68. The first-order chi connectivity index (χ1) is 5.18. The highest BCUT2D eigenvalue weighted by Gasteiger charge is 2.65. The number of hydrogen-bond donors (Lipinski definition) is 0. The maximum absolute atomic E-state index is 2.66. The fourth-order valence-corrected chi connectivity index (χ4v) is 5.30. The van der Waals surface area contributed by atoms with E-state index in [4.69, 9.17) is 0 Å². The quantitative estimate of drug-likeness (QED) is 0.410. The van der Waals surface area contributed by atoms with E-state index >= 15 is 0 Å². The maximum Gasteiger partial charge on any atom is 0.0238 e. The minimum atomic E-state index is 0.796. The standard InChI is InChI=1S/C10H17I/c1-2-3-4-5-9-6-10(11,7-9)8-9/h2-8H2,1H3. The molecule has 3 fully saturated rings. The van der Waals surface area contributed by atoms with Gasteiger partial charge in [-0.25, -0.2) is 0 Å². The third kappa shape index (κ3) is 1.34. The fourth-order valence-electron chi connectivity index (χ4n) is 2.88. The van der Waals surface area contributed by atoms with Crippen molar-refractivity contribution in [3.63, 3.8) is 0 Å². The van der Waals surface area contributed by atoms with E-state index in [2.05, 4.69) is 29.5 Å². The van der Waals surface area contributed by atoms with Gasteiger partial charge in [-0.3, -0.25) is 0 Å². The molecule has 0 aliphatic heterocycles. The van der Waals surface area contributed by atoms with Gasteiger partial charge in [0.15, 0.2) is 0 Å². The van der Waals surface area contributed by atoms with Crippen LogP contribution in [0.25, 0.3) is 0 Å². The number of rotatable bonds is 4. The summed E-state index contributed by atoms with van der Waals surface area (Å²) in [6.45, 7) is 2.29. The molecule has 0 heterocycles. The van der Waals surface area contributed by atoms with Gasteiger partial charge in [-0.15, -0.1) is 0 Å². The molecule has 0 aromatic heterocycles. The van der Waals surface area contributed by atoms with Crippen LogP contribution in [0.1, 0.15) is 51.9 Å². The summed E-state index contributed by atoms with van der Waals surface area (Å²) in [5, 5.41) is 0. The van der Waals surface area contributed by atoms with Gasteiger partial charge in [0.2, 0.25) is 0 Å². The highest BCUT2D eigenvalue weighted by Crippen LogP contribution is 2.73. The Morgan fingerprint density at radius 1 is 1.18 bits per heavy atom. The molecular formula is C10H17I. The van der Waals surface area contributed by atoms with E-state index in [9.17, 15) is 0 Å². The second-order valence-corrected chi connectivity index (χ2v) is 6.93. The van der Waals surface area contributed by atoms with Gasteiger partial charge in [-0.2, -0.15) is 0 Å². The van der Waals surface area contributed by atoms with Crippen LogP contribution in [0.4, 0.5) is 0 Å². The molecule has 1 heteroatoms. The second kappa shape index (κ2) is 2.61. The molecule has 0 amide bonds. The van der Waals surface area contributed by atoms with E-state index < -0.39 is 0 Å². The average Bonchev–Trinajstić information content (AvgIpc) is 1.82. The van der Waals surface area contributed by atoms with Crippen LogP contribution < -0.4 is 0 Å². The molecule has 0 N–H and O–H groups in total. The molecule has 0 spiro atoms. The van der Waals surface area contributed by atoms with Crippen LogP contribution in [-0.4, -0.2) is 3.42 Å². The fraction of sp³-hybridized carbons (Fsp3) is 1.00. The normalized spacial score (nSPS) is 46.4. The zero-order chi connectivity index (χ0) is 7.95. The van der Waals surface area contributed by atoms with E-state index in [-0.39, 0.29) is 0 Å². The summed E-state index contributed by atoms with van der Waals surface area (Å²) in [5.74, 6) is 0. The molecule has 64 valence electrons. The Bertz CT molecular complexity index is 142. The summed E-state index contributed by atoms with van der Waals surface area (Å²) in [7, 11) is 0. The van der Waals surface area contributed by atoms with Gasteiger partial charge in [0.1, 0.15) is 0 Å². The van der Waals surface area contributed by atoms with Crippen LogP contribution in [0.5, 0.6) is 0 Å². The van der Waals surface area contributed by atoms with Gasteiger partial charge in [0, 0.05) is 3.42 Å². The zero-order valence-corrected chi connectivity index (χ0v) is 9.49. The lowest BCUT2D eigenvalue weighted by Crippen LogP contribution is -2.62. The lowest BCUT2D eigenvalue weighted by molar-refractivity contribution is -0.0711. The third-order valence-corrected chi connectivity index (χ3v) is 4.53. The van der Waals surface area contributed by atoms with Crippen LogP contribution in [0.15, 0.2) is 0 Å². The highest BCUT2D eigenvalue weighted by molar-refractivity contribution is 14.1.